The number of hydrogen-bond donors (Lipinski definition) is 0. The van der Waals surface area contributed by atoms with Gasteiger partial charge in [0, 0.05) is 94.4 Å². The zero-order chi connectivity index (χ0) is 86.8. The number of para-hydroxylation sites is 4. The Morgan fingerprint density at radius 2 is 0.534 bits per heavy atom. The molecule has 0 saturated carbocycles. The van der Waals surface area contributed by atoms with Crippen LogP contribution >= 0.6 is 0 Å². The fourth-order valence-corrected chi connectivity index (χ4v) is 20.8. The standard InChI is InChI=1S/C67H46N2O.C58H38N2O/c1-67(2)60-19-8-6-16-54(60)55-38-36-53(42-61(55)67)69-62-20-9-7-17-56(62)59-40-48(29-39-63(59)69)45-24-32-51(33-25-45)68(50-30-22-44(23-31-50)43-12-4-3-5-13-43)52-34-26-46(27-35-52)49-28-37-57-58-18-10-14-47-15-11-21-64(66(47)58)70-65(57)41-49;1-3-12-39(13-4-1)40-22-29-45(30-23-40)59(47-33-26-42(27-34-47)48-35-36-52-50-17-8-10-20-56(50)61-57-21-11-18-51(48)58(52)57)46-31-24-41(25-32-46)43-28-37-55-53(38-43)49-16-7-9-19-54(49)60(55)44-14-5-2-6-15-44/h3-42H,1-2H3;1-38H. The fraction of sp³-hybridized carbons (Fsp3) is 0.0240. The molecular weight excluding hydrogens is 1590 g/mol. The molecular formula is C125H84N4O2. The number of nitrogens with zero attached hydrogens (tertiary/aromatic N) is 4. The third-order valence-corrected chi connectivity index (χ3v) is 27.2. The van der Waals surface area contributed by atoms with Gasteiger partial charge in [-0.25, -0.2) is 0 Å². The van der Waals surface area contributed by atoms with Crippen molar-refractivity contribution >= 4 is 99.3 Å². The van der Waals surface area contributed by atoms with Crippen molar-refractivity contribution in [3.05, 3.63) is 484 Å². The molecule has 0 N–H and O–H groups in total. The second-order valence-corrected chi connectivity index (χ2v) is 35.0. The largest absolute Gasteiger partial charge is 0.456 e. The van der Waals surface area contributed by atoms with Gasteiger partial charge >= 0.3 is 0 Å². The molecule has 26 rings (SSSR count). The minimum atomic E-state index is -0.0761. The molecule has 6 heteroatoms. The highest BCUT2D eigenvalue weighted by Gasteiger charge is 2.36. The summed E-state index contributed by atoms with van der Waals surface area (Å²) in [4.78, 5) is 4.70. The summed E-state index contributed by atoms with van der Waals surface area (Å²) in [6, 6.07) is 171. The van der Waals surface area contributed by atoms with Gasteiger partial charge in [-0.3, -0.25) is 0 Å². The van der Waals surface area contributed by atoms with Crippen molar-refractivity contribution in [1.82, 2.24) is 9.13 Å². The van der Waals surface area contributed by atoms with E-state index in [4.69, 9.17) is 9.47 Å². The maximum absolute atomic E-state index is 6.55. The van der Waals surface area contributed by atoms with Crippen LogP contribution in [-0.4, -0.2) is 9.13 Å². The predicted molar refractivity (Wildman–Crippen MR) is 547 cm³/mol. The summed E-state index contributed by atoms with van der Waals surface area (Å²) >= 11 is 0. The Bertz CT molecular complexity index is 8420. The SMILES string of the molecule is CC1(C)c2ccccc2-c2ccc(-n3c4ccccc4c4cc(-c5ccc(N(c6ccc(-c7ccccc7)cc6)c6ccc(-c7ccc8c(c7)Oc7cccc9cccc-8c79)cc6)cc5)ccc43)cc21.c1ccc(-c2ccc(N(c3ccc(-c4ccc5c(c4)c4ccccc4n5-c4ccccc4)cc3)c3ccc(-c4ccc5c6c(cccc46)Oc4ccccc4-5)cc3)cc2)cc1. The number of anilines is 6. The highest BCUT2D eigenvalue weighted by molar-refractivity contribution is 6.14. The summed E-state index contributed by atoms with van der Waals surface area (Å²) in [7, 11) is 0. The van der Waals surface area contributed by atoms with Gasteiger partial charge in [-0.1, -0.05) is 323 Å². The molecule has 4 heterocycles. The molecule has 131 heavy (non-hydrogen) atoms. The van der Waals surface area contributed by atoms with Crippen molar-refractivity contribution < 1.29 is 9.47 Å². The monoisotopic (exact) mass is 1670 g/mol. The third kappa shape index (κ3) is 13.1. The predicted octanol–water partition coefficient (Wildman–Crippen LogP) is 34.7. The Balaban J connectivity index is 0.000000142. The Labute approximate surface area is 760 Å². The summed E-state index contributed by atoms with van der Waals surface area (Å²) < 4.78 is 17.8. The molecule has 616 valence electrons. The first-order valence-corrected chi connectivity index (χ1v) is 45.1. The Morgan fingerprint density at radius 3 is 1.09 bits per heavy atom. The molecule has 0 fully saturated rings. The van der Waals surface area contributed by atoms with Crippen LogP contribution in [0.25, 0.3) is 177 Å². The lowest BCUT2D eigenvalue weighted by molar-refractivity contribution is 0.487. The normalized spacial score (nSPS) is 12.4. The fourth-order valence-electron chi connectivity index (χ4n) is 20.8. The van der Waals surface area contributed by atoms with Gasteiger partial charge in [-0.2, -0.15) is 0 Å². The first-order chi connectivity index (χ1) is 64.7. The number of benzene rings is 21. The first-order valence-electron chi connectivity index (χ1n) is 45.1. The van der Waals surface area contributed by atoms with Crippen LogP contribution in [0.3, 0.4) is 0 Å². The van der Waals surface area contributed by atoms with E-state index in [1.807, 2.05) is 12.1 Å². The molecule has 3 aliphatic rings. The number of hydrogen-bond acceptors (Lipinski definition) is 4. The number of fused-ring (bicyclic) bond motifs is 13. The summed E-state index contributed by atoms with van der Waals surface area (Å²) in [6.07, 6.45) is 0. The second-order valence-electron chi connectivity index (χ2n) is 35.0. The van der Waals surface area contributed by atoms with Crippen LogP contribution in [0.2, 0.25) is 0 Å². The molecule has 0 saturated heterocycles. The highest BCUT2D eigenvalue weighted by Crippen LogP contribution is 2.54. The Hall–Kier alpha value is -17.1. The van der Waals surface area contributed by atoms with Crippen LogP contribution in [0.1, 0.15) is 25.0 Å². The number of aromatic nitrogens is 2. The van der Waals surface area contributed by atoms with Gasteiger partial charge in [0.2, 0.25) is 0 Å². The van der Waals surface area contributed by atoms with E-state index in [9.17, 15) is 0 Å². The van der Waals surface area contributed by atoms with Crippen LogP contribution in [0.5, 0.6) is 23.0 Å². The van der Waals surface area contributed by atoms with Crippen molar-refractivity contribution in [2.75, 3.05) is 9.80 Å². The molecule has 0 bridgehead atoms. The van der Waals surface area contributed by atoms with Crippen molar-refractivity contribution in [2.45, 2.75) is 19.3 Å². The van der Waals surface area contributed by atoms with Gasteiger partial charge in [-0.15, -0.1) is 0 Å². The smallest absolute Gasteiger partial charge is 0.135 e. The third-order valence-electron chi connectivity index (χ3n) is 27.2. The molecule has 1 aliphatic carbocycles. The minimum Gasteiger partial charge on any atom is -0.456 e. The lowest BCUT2D eigenvalue weighted by Gasteiger charge is -2.26. The lowest BCUT2D eigenvalue weighted by atomic mass is 9.82. The van der Waals surface area contributed by atoms with E-state index in [1.165, 1.54) is 149 Å². The van der Waals surface area contributed by atoms with Crippen LogP contribution in [0.15, 0.2) is 473 Å². The topological polar surface area (TPSA) is 34.8 Å². The van der Waals surface area contributed by atoms with E-state index in [-0.39, 0.29) is 5.41 Å². The maximum atomic E-state index is 6.55. The molecule has 6 nitrogen and oxygen atoms in total. The maximum Gasteiger partial charge on any atom is 0.135 e. The molecule has 2 aromatic heterocycles. The lowest BCUT2D eigenvalue weighted by Crippen LogP contribution is -2.15. The average Bonchev–Trinajstić information content (AvgIpc) is 1.33. The van der Waals surface area contributed by atoms with Crippen LogP contribution in [0.4, 0.5) is 34.1 Å². The molecule has 0 radical (unpaired) electrons. The second kappa shape index (κ2) is 31.2. The Kier molecular flexibility index (Phi) is 18.2. The van der Waals surface area contributed by atoms with Crippen molar-refractivity contribution in [2.24, 2.45) is 0 Å². The van der Waals surface area contributed by atoms with E-state index in [1.54, 1.807) is 0 Å². The van der Waals surface area contributed by atoms with Crippen LogP contribution < -0.4 is 19.3 Å². The summed E-state index contributed by atoms with van der Waals surface area (Å²) in [5.41, 5.74) is 37.8. The van der Waals surface area contributed by atoms with E-state index in [0.717, 1.165) is 96.0 Å². The number of rotatable bonds is 14. The average molecular weight is 1670 g/mol. The van der Waals surface area contributed by atoms with Gasteiger partial charge in [0.15, 0.2) is 0 Å². The zero-order valence-electron chi connectivity index (χ0n) is 72.1. The van der Waals surface area contributed by atoms with Gasteiger partial charge in [0.1, 0.15) is 23.0 Å². The first kappa shape index (κ1) is 76.4. The van der Waals surface area contributed by atoms with E-state index in [0.29, 0.717) is 0 Å². The Morgan fingerprint density at radius 1 is 0.191 bits per heavy atom. The van der Waals surface area contributed by atoms with Crippen molar-refractivity contribution in [3.8, 4) is 135 Å². The van der Waals surface area contributed by atoms with Gasteiger partial charge in [0.05, 0.1) is 22.1 Å². The summed E-state index contributed by atoms with van der Waals surface area (Å²) in [6.45, 7) is 4.71. The summed E-state index contributed by atoms with van der Waals surface area (Å²) in [5.74, 6) is 3.59. The highest BCUT2D eigenvalue weighted by atomic mass is 16.5. The van der Waals surface area contributed by atoms with Crippen LogP contribution in [0, 0.1) is 0 Å². The van der Waals surface area contributed by atoms with Gasteiger partial charge < -0.3 is 28.4 Å². The van der Waals surface area contributed by atoms with E-state index in [2.05, 4.69) is 494 Å². The molecule has 0 unspecified atom stereocenters. The minimum absolute atomic E-state index is 0.0761. The van der Waals surface area contributed by atoms with Crippen LogP contribution in [-0.2, 0) is 5.41 Å². The molecule has 23 aromatic rings. The molecule has 2 aliphatic heterocycles. The molecule has 0 spiro atoms. The quantitative estimate of drug-likeness (QED) is 0.109. The van der Waals surface area contributed by atoms with Crippen molar-refractivity contribution in [1.29, 1.82) is 0 Å². The van der Waals surface area contributed by atoms with E-state index >= 15 is 0 Å². The van der Waals surface area contributed by atoms with Gasteiger partial charge in [0.25, 0.3) is 0 Å². The number of ether oxygens (including phenoxy) is 2. The van der Waals surface area contributed by atoms with Crippen molar-refractivity contribution in [3.63, 3.8) is 0 Å². The zero-order valence-corrected chi connectivity index (χ0v) is 72.1. The molecule has 0 atom stereocenters. The molecule has 21 aromatic carbocycles. The summed E-state index contributed by atoms with van der Waals surface area (Å²) in [5, 5.41) is 9.69. The van der Waals surface area contributed by atoms with E-state index < -0.39 is 0 Å². The molecule has 0 amide bonds. The van der Waals surface area contributed by atoms with Gasteiger partial charge in [-0.05, 0) is 275 Å².